The van der Waals surface area contributed by atoms with Crippen LogP contribution in [0.5, 0.6) is 0 Å². The molecule has 1 aliphatic heterocycles. The molecule has 1 heterocycles. The largest absolute Gasteiger partial charge is 0.449 e. The van der Waals surface area contributed by atoms with E-state index in [4.69, 9.17) is 16.3 Å². The quantitative estimate of drug-likeness (QED) is 0.531. The number of carbonyl (C=O) groups excluding carboxylic acids is 1. The molecule has 0 aliphatic carbocycles. The van der Waals surface area contributed by atoms with Crippen molar-refractivity contribution in [2.45, 2.75) is 11.9 Å². The highest BCUT2D eigenvalue weighted by Gasteiger charge is 2.16. The molecular formula is C7H11ClO2S2. The molecule has 1 atom stereocenters. The normalized spacial score (nSPS) is 24.6. The van der Waals surface area contributed by atoms with Gasteiger partial charge in [0, 0.05) is 5.75 Å². The van der Waals surface area contributed by atoms with Gasteiger partial charge in [-0.05, 0) is 17.9 Å². The first-order chi connectivity index (χ1) is 5.83. The standard InChI is InChI=1S/C7H11ClO2S2/c8-4-6(9)10-7-5-11-2-1-3-12-7/h7H,1-5H2. The zero-order chi connectivity index (χ0) is 8.81. The zero-order valence-electron chi connectivity index (χ0n) is 6.62. The minimum Gasteiger partial charge on any atom is -0.449 e. The van der Waals surface area contributed by atoms with Gasteiger partial charge in [0.15, 0.2) is 5.44 Å². The summed E-state index contributed by atoms with van der Waals surface area (Å²) in [5.41, 5.74) is 0.0174. The summed E-state index contributed by atoms with van der Waals surface area (Å²) in [5.74, 6) is 2.79. The molecule has 0 aromatic heterocycles. The number of hydrogen-bond acceptors (Lipinski definition) is 4. The molecule has 2 nitrogen and oxygen atoms in total. The van der Waals surface area contributed by atoms with Gasteiger partial charge >= 0.3 is 5.97 Å². The predicted molar refractivity (Wildman–Crippen MR) is 55.0 cm³/mol. The van der Waals surface area contributed by atoms with Gasteiger partial charge in [-0.25, -0.2) is 0 Å². The summed E-state index contributed by atoms with van der Waals surface area (Å²) >= 11 is 8.86. The number of ether oxygens (including phenoxy) is 1. The SMILES string of the molecule is O=C(CCl)OC1CSCCCS1. The maximum atomic E-state index is 10.8. The summed E-state index contributed by atoms with van der Waals surface area (Å²) in [6.45, 7) is 0. The van der Waals surface area contributed by atoms with Crippen molar-refractivity contribution in [1.82, 2.24) is 0 Å². The average Bonchev–Trinajstić information content (AvgIpc) is 2.33. The van der Waals surface area contributed by atoms with Crippen molar-refractivity contribution in [3.63, 3.8) is 0 Å². The lowest BCUT2D eigenvalue weighted by Gasteiger charge is -2.12. The first kappa shape index (κ1) is 10.5. The van der Waals surface area contributed by atoms with E-state index in [1.807, 2.05) is 11.8 Å². The fourth-order valence-corrected chi connectivity index (χ4v) is 3.29. The Bertz CT molecular complexity index is 146. The Hall–Kier alpha value is 0.460. The summed E-state index contributed by atoms with van der Waals surface area (Å²) in [7, 11) is 0. The Morgan fingerprint density at radius 1 is 1.58 bits per heavy atom. The summed E-state index contributed by atoms with van der Waals surface area (Å²) in [4.78, 5) is 10.8. The molecule has 0 spiro atoms. The molecule has 0 radical (unpaired) electrons. The Morgan fingerprint density at radius 2 is 2.42 bits per heavy atom. The van der Waals surface area contributed by atoms with Crippen LogP contribution in [0, 0.1) is 0 Å². The molecule has 0 amide bonds. The summed E-state index contributed by atoms with van der Waals surface area (Å²) in [5, 5.41) is 0. The van der Waals surface area contributed by atoms with Crippen molar-refractivity contribution in [2.24, 2.45) is 0 Å². The van der Waals surface area contributed by atoms with Crippen LogP contribution in [0.1, 0.15) is 6.42 Å². The van der Waals surface area contributed by atoms with Gasteiger partial charge in [0.1, 0.15) is 5.88 Å². The molecule has 5 heteroatoms. The minimum atomic E-state index is -0.309. The van der Waals surface area contributed by atoms with Gasteiger partial charge in [-0.3, -0.25) is 4.79 Å². The van der Waals surface area contributed by atoms with Crippen LogP contribution >= 0.6 is 35.1 Å². The topological polar surface area (TPSA) is 26.3 Å². The van der Waals surface area contributed by atoms with Gasteiger partial charge in [-0.2, -0.15) is 11.8 Å². The summed E-state index contributed by atoms with van der Waals surface area (Å²) < 4.78 is 5.09. The van der Waals surface area contributed by atoms with Gasteiger partial charge in [0.25, 0.3) is 0 Å². The number of rotatable bonds is 2. The van der Waals surface area contributed by atoms with Crippen LogP contribution in [-0.2, 0) is 9.53 Å². The van der Waals surface area contributed by atoms with E-state index in [1.54, 1.807) is 11.8 Å². The maximum Gasteiger partial charge on any atom is 0.322 e. The van der Waals surface area contributed by atoms with Crippen LogP contribution in [-0.4, -0.2) is 34.5 Å². The van der Waals surface area contributed by atoms with Crippen molar-refractivity contribution in [1.29, 1.82) is 0 Å². The average molecular weight is 227 g/mol. The predicted octanol–water partition coefficient (Wildman–Crippen LogP) is 1.96. The zero-order valence-corrected chi connectivity index (χ0v) is 9.01. The second kappa shape index (κ2) is 6.00. The van der Waals surface area contributed by atoms with E-state index in [2.05, 4.69) is 0 Å². The lowest BCUT2D eigenvalue weighted by atomic mass is 10.6. The van der Waals surface area contributed by atoms with Crippen molar-refractivity contribution >= 4 is 41.1 Å². The first-order valence-corrected chi connectivity index (χ1v) is 6.51. The molecule has 1 fully saturated rings. The number of thioether (sulfide) groups is 2. The highest BCUT2D eigenvalue weighted by atomic mass is 35.5. The maximum absolute atomic E-state index is 10.8. The molecule has 1 rings (SSSR count). The van der Waals surface area contributed by atoms with Gasteiger partial charge < -0.3 is 4.74 Å². The molecule has 12 heavy (non-hydrogen) atoms. The third-order valence-electron chi connectivity index (χ3n) is 1.36. The molecule has 70 valence electrons. The molecule has 0 N–H and O–H groups in total. The summed E-state index contributed by atoms with van der Waals surface area (Å²) in [6, 6.07) is 0. The second-order valence-corrected chi connectivity index (χ2v) is 5.04. The third-order valence-corrected chi connectivity index (χ3v) is 4.07. The molecule has 1 aliphatic rings. The van der Waals surface area contributed by atoms with E-state index in [-0.39, 0.29) is 17.3 Å². The minimum absolute atomic E-state index is 0.0174. The van der Waals surface area contributed by atoms with E-state index in [0.29, 0.717) is 0 Å². The molecule has 1 saturated heterocycles. The van der Waals surface area contributed by atoms with Crippen molar-refractivity contribution in [2.75, 3.05) is 23.1 Å². The Balaban J connectivity index is 2.24. The van der Waals surface area contributed by atoms with E-state index >= 15 is 0 Å². The van der Waals surface area contributed by atoms with Crippen molar-refractivity contribution < 1.29 is 9.53 Å². The lowest BCUT2D eigenvalue weighted by Crippen LogP contribution is -2.17. The smallest absolute Gasteiger partial charge is 0.322 e. The Morgan fingerprint density at radius 3 is 3.17 bits per heavy atom. The first-order valence-electron chi connectivity index (χ1n) is 3.77. The Labute approximate surface area is 85.7 Å². The molecule has 0 bridgehead atoms. The van der Waals surface area contributed by atoms with E-state index in [1.165, 1.54) is 12.2 Å². The highest BCUT2D eigenvalue weighted by Crippen LogP contribution is 2.24. The van der Waals surface area contributed by atoms with Crippen LogP contribution < -0.4 is 0 Å². The van der Waals surface area contributed by atoms with E-state index in [9.17, 15) is 4.79 Å². The van der Waals surface area contributed by atoms with Crippen LogP contribution in [0.4, 0.5) is 0 Å². The van der Waals surface area contributed by atoms with E-state index < -0.39 is 0 Å². The number of alkyl halides is 1. The number of halogens is 1. The van der Waals surface area contributed by atoms with Gasteiger partial charge in [0.05, 0.1) is 0 Å². The molecule has 0 aromatic carbocycles. The van der Waals surface area contributed by atoms with Crippen molar-refractivity contribution in [3.05, 3.63) is 0 Å². The van der Waals surface area contributed by atoms with Crippen molar-refractivity contribution in [3.8, 4) is 0 Å². The van der Waals surface area contributed by atoms with Gasteiger partial charge in [-0.15, -0.1) is 23.4 Å². The van der Waals surface area contributed by atoms with Gasteiger partial charge in [0.2, 0.25) is 0 Å². The Kier molecular flexibility index (Phi) is 5.27. The number of hydrogen-bond donors (Lipinski definition) is 0. The van der Waals surface area contributed by atoms with Crippen LogP contribution in [0.25, 0.3) is 0 Å². The van der Waals surface area contributed by atoms with Crippen LogP contribution in [0.2, 0.25) is 0 Å². The fourth-order valence-electron chi connectivity index (χ4n) is 0.850. The lowest BCUT2D eigenvalue weighted by molar-refractivity contribution is -0.141. The number of carbonyl (C=O) groups is 1. The molecular weight excluding hydrogens is 216 g/mol. The van der Waals surface area contributed by atoms with Crippen LogP contribution in [0.3, 0.4) is 0 Å². The molecule has 0 aromatic rings. The molecule has 1 unspecified atom stereocenters. The third kappa shape index (κ3) is 3.92. The summed E-state index contributed by atoms with van der Waals surface area (Å²) in [6.07, 6.45) is 1.20. The highest BCUT2D eigenvalue weighted by molar-refractivity contribution is 8.03. The van der Waals surface area contributed by atoms with Crippen LogP contribution in [0.15, 0.2) is 0 Å². The second-order valence-electron chi connectivity index (χ2n) is 2.35. The number of esters is 1. The van der Waals surface area contributed by atoms with Gasteiger partial charge in [-0.1, -0.05) is 0 Å². The molecule has 0 saturated carbocycles. The van der Waals surface area contributed by atoms with E-state index in [0.717, 1.165) is 11.5 Å². The monoisotopic (exact) mass is 226 g/mol. The fraction of sp³-hybridized carbons (Fsp3) is 0.857.